The average Bonchev–Trinajstić information content (AvgIpc) is 2.79. The molecular formula is C14H16BrClN2S. The van der Waals surface area contributed by atoms with Crippen molar-refractivity contribution in [1.82, 2.24) is 4.98 Å². The van der Waals surface area contributed by atoms with Crippen molar-refractivity contribution in [2.45, 2.75) is 32.7 Å². The SMILES string of the molecule is CC(C)(C)c1ccc(CNc2cnc(Cl)c(Br)c2)s1. The zero-order valence-corrected chi connectivity index (χ0v) is 14.3. The van der Waals surface area contributed by atoms with Gasteiger partial charge in [0.25, 0.3) is 0 Å². The number of halogens is 2. The highest BCUT2D eigenvalue weighted by molar-refractivity contribution is 9.10. The fraction of sp³-hybridized carbons (Fsp3) is 0.357. The van der Waals surface area contributed by atoms with Crippen LogP contribution in [-0.4, -0.2) is 4.98 Å². The maximum atomic E-state index is 5.87. The molecule has 0 saturated carbocycles. The maximum Gasteiger partial charge on any atom is 0.143 e. The van der Waals surface area contributed by atoms with Crippen molar-refractivity contribution in [3.05, 3.63) is 43.8 Å². The molecular weight excluding hydrogens is 344 g/mol. The molecule has 0 aliphatic rings. The van der Waals surface area contributed by atoms with Crippen molar-refractivity contribution < 1.29 is 0 Å². The summed E-state index contributed by atoms with van der Waals surface area (Å²) in [4.78, 5) is 6.81. The third-order valence-corrected chi connectivity index (χ3v) is 5.31. The van der Waals surface area contributed by atoms with Crippen molar-refractivity contribution in [3.8, 4) is 0 Å². The summed E-state index contributed by atoms with van der Waals surface area (Å²) in [6.07, 6.45) is 1.74. The highest BCUT2D eigenvalue weighted by atomic mass is 79.9. The van der Waals surface area contributed by atoms with Gasteiger partial charge in [-0.3, -0.25) is 0 Å². The topological polar surface area (TPSA) is 24.9 Å². The largest absolute Gasteiger partial charge is 0.379 e. The number of nitrogens with one attached hydrogen (secondary N) is 1. The number of anilines is 1. The van der Waals surface area contributed by atoms with Crippen molar-refractivity contribution in [1.29, 1.82) is 0 Å². The molecule has 0 spiro atoms. The van der Waals surface area contributed by atoms with Gasteiger partial charge in [0.1, 0.15) is 5.15 Å². The Morgan fingerprint density at radius 2 is 2.11 bits per heavy atom. The lowest BCUT2D eigenvalue weighted by molar-refractivity contribution is 0.604. The predicted octanol–water partition coefficient (Wildman–Crippen LogP) is 5.47. The molecule has 5 heteroatoms. The highest BCUT2D eigenvalue weighted by Crippen LogP contribution is 2.30. The Hall–Kier alpha value is -0.580. The average molecular weight is 360 g/mol. The van der Waals surface area contributed by atoms with Crippen LogP contribution in [0.15, 0.2) is 28.9 Å². The van der Waals surface area contributed by atoms with Crippen molar-refractivity contribution >= 4 is 44.6 Å². The lowest BCUT2D eigenvalue weighted by atomic mass is 9.95. The number of hydrogen-bond donors (Lipinski definition) is 1. The quantitative estimate of drug-likeness (QED) is 0.735. The summed E-state index contributed by atoms with van der Waals surface area (Å²) in [6, 6.07) is 6.32. The summed E-state index contributed by atoms with van der Waals surface area (Å²) >= 11 is 11.1. The van der Waals surface area contributed by atoms with Crippen LogP contribution in [-0.2, 0) is 12.0 Å². The van der Waals surface area contributed by atoms with Gasteiger partial charge in [-0.25, -0.2) is 4.98 Å². The Balaban J connectivity index is 2.02. The smallest absolute Gasteiger partial charge is 0.143 e. The number of pyridine rings is 1. The van der Waals surface area contributed by atoms with E-state index in [4.69, 9.17) is 11.6 Å². The monoisotopic (exact) mass is 358 g/mol. The van der Waals surface area contributed by atoms with Crippen LogP contribution < -0.4 is 5.32 Å². The van der Waals surface area contributed by atoms with Gasteiger partial charge in [0.15, 0.2) is 0 Å². The molecule has 1 N–H and O–H groups in total. The summed E-state index contributed by atoms with van der Waals surface area (Å²) in [6.45, 7) is 7.50. The van der Waals surface area contributed by atoms with E-state index in [1.54, 1.807) is 6.20 Å². The van der Waals surface area contributed by atoms with Gasteiger partial charge in [-0.15, -0.1) is 11.3 Å². The molecule has 0 radical (unpaired) electrons. The molecule has 2 aromatic heterocycles. The van der Waals surface area contributed by atoms with Crippen LogP contribution in [0.4, 0.5) is 5.69 Å². The molecule has 2 heterocycles. The van der Waals surface area contributed by atoms with Gasteiger partial charge in [-0.2, -0.15) is 0 Å². The molecule has 0 saturated heterocycles. The summed E-state index contributed by atoms with van der Waals surface area (Å²) in [5, 5.41) is 3.84. The molecule has 2 rings (SSSR count). The van der Waals surface area contributed by atoms with Crippen LogP contribution >= 0.6 is 38.9 Å². The lowest BCUT2D eigenvalue weighted by Crippen LogP contribution is -2.07. The molecule has 0 amide bonds. The first-order valence-electron chi connectivity index (χ1n) is 6.00. The molecule has 19 heavy (non-hydrogen) atoms. The second-order valence-electron chi connectivity index (χ2n) is 5.37. The van der Waals surface area contributed by atoms with E-state index in [1.807, 2.05) is 17.4 Å². The second kappa shape index (κ2) is 5.81. The molecule has 2 aromatic rings. The third-order valence-electron chi connectivity index (χ3n) is 2.66. The second-order valence-corrected chi connectivity index (χ2v) is 7.75. The van der Waals surface area contributed by atoms with Gasteiger partial charge in [-0.05, 0) is 39.5 Å². The minimum absolute atomic E-state index is 0.216. The molecule has 2 nitrogen and oxygen atoms in total. The first kappa shape index (κ1) is 14.8. The van der Waals surface area contributed by atoms with E-state index in [1.165, 1.54) is 9.75 Å². The summed E-state index contributed by atoms with van der Waals surface area (Å²) in [7, 11) is 0. The van der Waals surface area contributed by atoms with Crippen LogP contribution in [0.5, 0.6) is 0 Å². The summed E-state index contributed by atoms with van der Waals surface area (Å²) < 4.78 is 0.806. The number of thiophene rings is 1. The Morgan fingerprint density at radius 1 is 1.37 bits per heavy atom. The normalized spacial score (nSPS) is 11.6. The van der Waals surface area contributed by atoms with Gasteiger partial charge >= 0.3 is 0 Å². The third kappa shape index (κ3) is 3.94. The van der Waals surface area contributed by atoms with Crippen LogP contribution in [0.1, 0.15) is 30.5 Å². The van der Waals surface area contributed by atoms with Crippen molar-refractivity contribution in [3.63, 3.8) is 0 Å². The number of nitrogens with zero attached hydrogens (tertiary/aromatic N) is 1. The Labute approximate surface area is 131 Å². The van der Waals surface area contributed by atoms with Gasteiger partial charge in [0.05, 0.1) is 16.4 Å². The van der Waals surface area contributed by atoms with E-state index in [2.05, 4.69) is 59.1 Å². The van der Waals surface area contributed by atoms with Crippen LogP contribution in [0, 0.1) is 0 Å². The molecule has 0 fully saturated rings. The van der Waals surface area contributed by atoms with Crippen molar-refractivity contribution in [2.75, 3.05) is 5.32 Å². The van der Waals surface area contributed by atoms with Gasteiger partial charge < -0.3 is 5.32 Å². The van der Waals surface area contributed by atoms with Gasteiger partial charge in [0, 0.05) is 16.3 Å². The minimum Gasteiger partial charge on any atom is -0.379 e. The van der Waals surface area contributed by atoms with Crippen molar-refractivity contribution in [2.24, 2.45) is 0 Å². The Bertz CT molecular complexity index is 575. The fourth-order valence-corrected chi connectivity index (χ4v) is 3.04. The van der Waals surface area contributed by atoms with E-state index in [0.29, 0.717) is 5.15 Å². The number of hydrogen-bond acceptors (Lipinski definition) is 3. The molecule has 0 aliphatic carbocycles. The Kier molecular flexibility index (Phi) is 4.54. The predicted molar refractivity (Wildman–Crippen MR) is 87.3 cm³/mol. The van der Waals surface area contributed by atoms with E-state index in [-0.39, 0.29) is 5.41 Å². The Morgan fingerprint density at radius 3 is 2.68 bits per heavy atom. The first-order valence-corrected chi connectivity index (χ1v) is 7.99. The molecule has 0 atom stereocenters. The lowest BCUT2D eigenvalue weighted by Gasteiger charge is -2.15. The van der Waals surface area contributed by atoms with Gasteiger partial charge in [-0.1, -0.05) is 32.4 Å². The number of aromatic nitrogens is 1. The molecule has 0 bridgehead atoms. The van der Waals surface area contributed by atoms with E-state index >= 15 is 0 Å². The highest BCUT2D eigenvalue weighted by Gasteiger charge is 2.15. The van der Waals surface area contributed by atoms with E-state index < -0.39 is 0 Å². The van der Waals surface area contributed by atoms with Crippen LogP contribution in [0.2, 0.25) is 5.15 Å². The minimum atomic E-state index is 0.216. The zero-order chi connectivity index (χ0) is 14.0. The van der Waals surface area contributed by atoms with Crippen LogP contribution in [0.3, 0.4) is 0 Å². The standard InChI is InChI=1S/C14H16BrClN2S/c1-14(2,3)12-5-4-10(19-12)8-17-9-6-11(15)13(16)18-7-9/h4-7,17H,8H2,1-3H3. The molecule has 102 valence electrons. The van der Waals surface area contributed by atoms with E-state index in [0.717, 1.165) is 16.7 Å². The molecule has 0 aliphatic heterocycles. The number of rotatable bonds is 3. The molecule has 0 unspecified atom stereocenters. The maximum absolute atomic E-state index is 5.87. The molecule has 0 aromatic carbocycles. The summed E-state index contributed by atoms with van der Waals surface area (Å²) in [5.74, 6) is 0. The van der Waals surface area contributed by atoms with E-state index in [9.17, 15) is 0 Å². The van der Waals surface area contributed by atoms with Crippen LogP contribution in [0.25, 0.3) is 0 Å². The van der Waals surface area contributed by atoms with Gasteiger partial charge in [0.2, 0.25) is 0 Å². The zero-order valence-electron chi connectivity index (χ0n) is 11.1. The fourth-order valence-electron chi connectivity index (χ4n) is 1.58. The first-order chi connectivity index (χ1) is 8.86. The summed E-state index contributed by atoms with van der Waals surface area (Å²) in [5.41, 5.74) is 1.18.